The van der Waals surface area contributed by atoms with Crippen molar-refractivity contribution < 1.29 is 23.7 Å². The number of methoxy groups -OCH3 is 1. The first-order valence-electron chi connectivity index (χ1n) is 8.43. The van der Waals surface area contributed by atoms with Crippen LogP contribution in [-0.4, -0.2) is 59.3 Å². The van der Waals surface area contributed by atoms with Gasteiger partial charge in [0.25, 0.3) is 0 Å². The van der Waals surface area contributed by atoms with Crippen LogP contribution in [0.25, 0.3) is 0 Å². The van der Waals surface area contributed by atoms with Crippen LogP contribution in [0.2, 0.25) is 0 Å². The first-order chi connectivity index (χ1) is 11.8. The number of esters is 1. The highest BCUT2D eigenvalue weighted by atomic mass is 16.6. The van der Waals surface area contributed by atoms with Crippen molar-refractivity contribution in [3.05, 3.63) is 29.8 Å². The monoisotopic (exact) mass is 339 g/mol. The van der Waals surface area contributed by atoms with Crippen molar-refractivity contribution in [1.29, 1.82) is 0 Å². The van der Waals surface area contributed by atoms with Gasteiger partial charge in [-0.25, -0.2) is 4.79 Å². The SMILES string of the molecule is CCCCNc1ccc(C(=O)OCCOCCOCCOC)cc1. The summed E-state index contributed by atoms with van der Waals surface area (Å²) in [5.74, 6) is -0.338. The fourth-order valence-corrected chi connectivity index (χ4v) is 1.87. The molecule has 0 amide bonds. The number of hydrogen-bond donors (Lipinski definition) is 1. The Hall–Kier alpha value is -1.63. The predicted molar refractivity (Wildman–Crippen MR) is 93.6 cm³/mol. The standard InChI is InChI=1S/C18H29NO5/c1-3-4-9-19-17-7-5-16(6-8-17)18(20)24-15-14-23-13-12-22-11-10-21-2/h5-8,19H,3-4,9-15H2,1-2H3. The van der Waals surface area contributed by atoms with E-state index in [0.29, 0.717) is 38.6 Å². The van der Waals surface area contributed by atoms with Crippen molar-refractivity contribution in [2.24, 2.45) is 0 Å². The zero-order valence-electron chi connectivity index (χ0n) is 14.7. The maximum atomic E-state index is 11.9. The van der Waals surface area contributed by atoms with Gasteiger partial charge in [0.05, 0.1) is 38.6 Å². The molecule has 136 valence electrons. The van der Waals surface area contributed by atoms with Gasteiger partial charge in [-0.2, -0.15) is 0 Å². The van der Waals surface area contributed by atoms with Crippen LogP contribution in [0.5, 0.6) is 0 Å². The molecule has 0 spiro atoms. The lowest BCUT2D eigenvalue weighted by Crippen LogP contribution is -2.14. The van der Waals surface area contributed by atoms with Crippen LogP contribution < -0.4 is 5.32 Å². The summed E-state index contributed by atoms with van der Waals surface area (Å²) in [6.07, 6.45) is 2.28. The van der Waals surface area contributed by atoms with Gasteiger partial charge in [0, 0.05) is 19.3 Å². The summed E-state index contributed by atoms with van der Waals surface area (Å²) < 4.78 is 20.6. The largest absolute Gasteiger partial charge is 0.460 e. The topological polar surface area (TPSA) is 66.0 Å². The Balaban J connectivity index is 2.10. The summed E-state index contributed by atoms with van der Waals surface area (Å²) in [5.41, 5.74) is 1.55. The lowest BCUT2D eigenvalue weighted by molar-refractivity contribution is 0.00570. The Morgan fingerprint density at radius 3 is 2.21 bits per heavy atom. The highest BCUT2D eigenvalue weighted by Crippen LogP contribution is 2.10. The number of anilines is 1. The van der Waals surface area contributed by atoms with Crippen molar-refractivity contribution in [1.82, 2.24) is 0 Å². The number of hydrogen-bond acceptors (Lipinski definition) is 6. The number of unbranched alkanes of at least 4 members (excludes halogenated alkanes) is 1. The number of carbonyl (C=O) groups is 1. The average Bonchev–Trinajstić information content (AvgIpc) is 2.61. The van der Waals surface area contributed by atoms with Gasteiger partial charge in [0.2, 0.25) is 0 Å². The van der Waals surface area contributed by atoms with Crippen LogP contribution in [-0.2, 0) is 18.9 Å². The van der Waals surface area contributed by atoms with Crippen LogP contribution in [0, 0.1) is 0 Å². The van der Waals surface area contributed by atoms with E-state index in [9.17, 15) is 4.79 Å². The zero-order chi connectivity index (χ0) is 17.5. The number of benzene rings is 1. The van der Waals surface area contributed by atoms with Crippen LogP contribution in [0.15, 0.2) is 24.3 Å². The number of ether oxygens (including phenoxy) is 4. The summed E-state index contributed by atoms with van der Waals surface area (Å²) in [6.45, 7) is 5.78. The third-order valence-corrected chi connectivity index (χ3v) is 3.24. The molecular weight excluding hydrogens is 310 g/mol. The lowest BCUT2D eigenvalue weighted by Gasteiger charge is -2.08. The van der Waals surface area contributed by atoms with Crippen LogP contribution in [0.4, 0.5) is 5.69 Å². The molecule has 6 heteroatoms. The molecule has 1 N–H and O–H groups in total. The van der Waals surface area contributed by atoms with Gasteiger partial charge in [-0.1, -0.05) is 13.3 Å². The molecule has 0 heterocycles. The quantitative estimate of drug-likeness (QED) is 0.415. The highest BCUT2D eigenvalue weighted by Gasteiger charge is 2.06. The lowest BCUT2D eigenvalue weighted by atomic mass is 10.2. The number of nitrogens with one attached hydrogen (secondary N) is 1. The smallest absolute Gasteiger partial charge is 0.338 e. The second kappa shape index (κ2) is 13.8. The van der Waals surface area contributed by atoms with Gasteiger partial charge in [-0.3, -0.25) is 0 Å². The molecule has 0 atom stereocenters. The summed E-state index contributed by atoms with van der Waals surface area (Å²) in [5, 5.41) is 3.30. The van der Waals surface area contributed by atoms with Crippen LogP contribution in [0.3, 0.4) is 0 Å². The molecule has 0 saturated heterocycles. The molecule has 24 heavy (non-hydrogen) atoms. The van der Waals surface area contributed by atoms with Gasteiger partial charge in [0.15, 0.2) is 0 Å². The molecule has 0 bridgehead atoms. The first kappa shape index (κ1) is 20.4. The third-order valence-electron chi connectivity index (χ3n) is 3.24. The normalized spacial score (nSPS) is 10.6. The van der Waals surface area contributed by atoms with E-state index in [4.69, 9.17) is 18.9 Å². The van der Waals surface area contributed by atoms with Gasteiger partial charge in [-0.05, 0) is 30.7 Å². The van der Waals surface area contributed by atoms with Gasteiger partial charge < -0.3 is 24.3 Å². The fourth-order valence-electron chi connectivity index (χ4n) is 1.87. The van der Waals surface area contributed by atoms with Crippen molar-refractivity contribution in [2.75, 3.05) is 58.6 Å². The molecule has 0 aliphatic rings. The van der Waals surface area contributed by atoms with Crippen molar-refractivity contribution in [3.8, 4) is 0 Å². The minimum absolute atomic E-state index is 0.230. The Kier molecular flexibility index (Phi) is 11.7. The van der Waals surface area contributed by atoms with Gasteiger partial charge in [-0.15, -0.1) is 0 Å². The Labute approximate surface area is 144 Å². The maximum absolute atomic E-state index is 11.9. The second-order valence-electron chi connectivity index (χ2n) is 5.21. The van der Waals surface area contributed by atoms with E-state index >= 15 is 0 Å². The van der Waals surface area contributed by atoms with E-state index in [1.165, 1.54) is 0 Å². The molecule has 0 aliphatic carbocycles. The van der Waals surface area contributed by atoms with E-state index < -0.39 is 0 Å². The Bertz CT molecular complexity index is 436. The summed E-state index contributed by atoms with van der Waals surface area (Å²) >= 11 is 0. The third kappa shape index (κ3) is 9.50. The van der Waals surface area contributed by atoms with Crippen molar-refractivity contribution >= 4 is 11.7 Å². The summed E-state index contributed by atoms with van der Waals surface area (Å²) in [4.78, 5) is 11.9. The molecule has 0 aromatic heterocycles. The molecule has 0 unspecified atom stereocenters. The molecule has 0 radical (unpaired) electrons. The van der Waals surface area contributed by atoms with E-state index in [2.05, 4.69) is 12.2 Å². The number of carbonyl (C=O) groups excluding carboxylic acids is 1. The average molecular weight is 339 g/mol. The molecular formula is C18H29NO5. The van der Waals surface area contributed by atoms with Gasteiger partial charge >= 0.3 is 5.97 Å². The fraction of sp³-hybridized carbons (Fsp3) is 0.611. The first-order valence-corrected chi connectivity index (χ1v) is 8.43. The van der Waals surface area contributed by atoms with Gasteiger partial charge in [0.1, 0.15) is 6.61 Å². The molecule has 1 aromatic carbocycles. The van der Waals surface area contributed by atoms with E-state index in [0.717, 1.165) is 25.1 Å². The molecule has 1 aromatic rings. The highest BCUT2D eigenvalue weighted by molar-refractivity contribution is 5.89. The van der Waals surface area contributed by atoms with Crippen LogP contribution in [0.1, 0.15) is 30.1 Å². The minimum Gasteiger partial charge on any atom is -0.460 e. The summed E-state index contributed by atoms with van der Waals surface area (Å²) in [7, 11) is 1.63. The van der Waals surface area contributed by atoms with E-state index in [1.807, 2.05) is 12.1 Å². The minimum atomic E-state index is -0.338. The maximum Gasteiger partial charge on any atom is 0.338 e. The van der Waals surface area contributed by atoms with E-state index in [1.54, 1.807) is 19.2 Å². The Morgan fingerprint density at radius 1 is 0.958 bits per heavy atom. The molecule has 6 nitrogen and oxygen atoms in total. The molecule has 0 saturated carbocycles. The molecule has 1 rings (SSSR count). The Morgan fingerprint density at radius 2 is 1.58 bits per heavy atom. The van der Waals surface area contributed by atoms with Crippen molar-refractivity contribution in [2.45, 2.75) is 19.8 Å². The second-order valence-corrected chi connectivity index (χ2v) is 5.21. The van der Waals surface area contributed by atoms with Crippen LogP contribution >= 0.6 is 0 Å². The number of rotatable bonds is 14. The predicted octanol–water partition coefficient (Wildman–Crippen LogP) is 2.74. The molecule has 0 fully saturated rings. The summed E-state index contributed by atoms with van der Waals surface area (Å²) in [6, 6.07) is 7.31. The zero-order valence-corrected chi connectivity index (χ0v) is 14.7. The molecule has 0 aliphatic heterocycles. The van der Waals surface area contributed by atoms with E-state index in [-0.39, 0.29) is 12.6 Å². The van der Waals surface area contributed by atoms with Crippen molar-refractivity contribution in [3.63, 3.8) is 0 Å².